The van der Waals surface area contributed by atoms with E-state index in [1.165, 1.54) is 44.9 Å². The van der Waals surface area contributed by atoms with E-state index in [1.807, 2.05) is 0 Å². The summed E-state index contributed by atoms with van der Waals surface area (Å²) in [6, 6.07) is 0. The smallest absolute Gasteiger partial charge is 0.220 e. The maximum Gasteiger partial charge on any atom is 0.220 e. The first-order valence-electron chi connectivity index (χ1n) is 7.95. The molecule has 0 aromatic rings. The van der Waals surface area contributed by atoms with Crippen molar-refractivity contribution in [2.24, 2.45) is 0 Å². The highest BCUT2D eigenvalue weighted by Gasteiger charge is 2.13. The van der Waals surface area contributed by atoms with Gasteiger partial charge in [0.15, 0.2) is 0 Å². The molecule has 0 aliphatic carbocycles. The van der Waals surface area contributed by atoms with Gasteiger partial charge < -0.3 is 10.4 Å². The van der Waals surface area contributed by atoms with E-state index >= 15 is 0 Å². The number of hydrogen-bond acceptors (Lipinski definition) is 2. The zero-order valence-electron chi connectivity index (χ0n) is 13.1. The Morgan fingerprint density at radius 3 is 1.89 bits per heavy atom. The van der Waals surface area contributed by atoms with Crippen molar-refractivity contribution in [1.82, 2.24) is 5.32 Å². The number of carbonyl (C=O) groups excluding carboxylic acids is 1. The predicted molar refractivity (Wildman–Crippen MR) is 81.2 cm³/mol. The van der Waals surface area contributed by atoms with Crippen molar-refractivity contribution in [2.75, 3.05) is 6.54 Å². The maximum atomic E-state index is 11.5. The first kappa shape index (κ1) is 18.4. The number of carbonyl (C=O) groups is 1. The molecule has 114 valence electrons. The van der Waals surface area contributed by atoms with E-state index in [-0.39, 0.29) is 5.91 Å². The minimum atomic E-state index is -0.811. The summed E-state index contributed by atoms with van der Waals surface area (Å²) in [7, 11) is 0. The molecule has 0 aromatic heterocycles. The molecule has 0 fully saturated rings. The van der Waals surface area contributed by atoms with Crippen LogP contribution >= 0.6 is 0 Å². The lowest BCUT2D eigenvalue weighted by atomic mass is 10.1. The second-order valence-electron chi connectivity index (χ2n) is 6.17. The van der Waals surface area contributed by atoms with Gasteiger partial charge in [0.1, 0.15) is 0 Å². The maximum absolute atomic E-state index is 11.5. The normalized spacial score (nSPS) is 11.6. The molecule has 2 N–H and O–H groups in total. The lowest BCUT2D eigenvalue weighted by Crippen LogP contribution is -2.38. The van der Waals surface area contributed by atoms with Gasteiger partial charge in [0.2, 0.25) is 5.91 Å². The molecule has 3 nitrogen and oxygen atoms in total. The molecule has 1 amide bonds. The van der Waals surface area contributed by atoms with Crippen LogP contribution in [0.5, 0.6) is 0 Å². The van der Waals surface area contributed by atoms with Crippen LogP contribution in [0.2, 0.25) is 0 Å². The summed E-state index contributed by atoms with van der Waals surface area (Å²) in [5.41, 5.74) is -0.811. The van der Waals surface area contributed by atoms with E-state index < -0.39 is 5.60 Å². The summed E-state index contributed by atoms with van der Waals surface area (Å²) in [6.45, 7) is 5.98. The third kappa shape index (κ3) is 15.4. The van der Waals surface area contributed by atoms with Gasteiger partial charge in [-0.1, -0.05) is 58.3 Å². The van der Waals surface area contributed by atoms with Crippen LogP contribution < -0.4 is 5.32 Å². The Morgan fingerprint density at radius 2 is 1.42 bits per heavy atom. The Kier molecular flexibility index (Phi) is 10.9. The van der Waals surface area contributed by atoms with Crippen molar-refractivity contribution in [2.45, 2.75) is 90.6 Å². The Labute approximate surface area is 119 Å². The van der Waals surface area contributed by atoms with Gasteiger partial charge in [-0.05, 0) is 20.3 Å². The van der Waals surface area contributed by atoms with Crippen molar-refractivity contribution >= 4 is 5.91 Å². The van der Waals surface area contributed by atoms with Gasteiger partial charge in [0.25, 0.3) is 0 Å². The third-order valence-electron chi connectivity index (χ3n) is 3.23. The highest BCUT2D eigenvalue weighted by atomic mass is 16.3. The van der Waals surface area contributed by atoms with Crippen LogP contribution in [-0.4, -0.2) is 23.2 Å². The Balaban J connectivity index is 3.23. The molecule has 19 heavy (non-hydrogen) atoms. The van der Waals surface area contributed by atoms with Gasteiger partial charge in [-0.3, -0.25) is 4.79 Å². The summed E-state index contributed by atoms with van der Waals surface area (Å²) in [6.07, 6.45) is 12.0. The lowest BCUT2D eigenvalue weighted by Gasteiger charge is -2.17. The first-order chi connectivity index (χ1) is 8.95. The Hall–Kier alpha value is -0.570. The van der Waals surface area contributed by atoms with Crippen molar-refractivity contribution < 1.29 is 9.90 Å². The molecule has 0 saturated heterocycles. The van der Waals surface area contributed by atoms with E-state index in [0.717, 1.165) is 12.8 Å². The van der Waals surface area contributed by atoms with Gasteiger partial charge in [-0.25, -0.2) is 0 Å². The monoisotopic (exact) mass is 271 g/mol. The lowest BCUT2D eigenvalue weighted by molar-refractivity contribution is -0.122. The van der Waals surface area contributed by atoms with Crippen LogP contribution in [-0.2, 0) is 4.79 Å². The first-order valence-corrected chi connectivity index (χ1v) is 7.95. The number of rotatable bonds is 12. The molecular formula is C16H33NO2. The second kappa shape index (κ2) is 11.3. The van der Waals surface area contributed by atoms with E-state index in [4.69, 9.17) is 0 Å². The van der Waals surface area contributed by atoms with Gasteiger partial charge in [-0.15, -0.1) is 0 Å². The molecule has 0 heterocycles. The molecule has 0 bridgehead atoms. The number of amides is 1. The average molecular weight is 271 g/mol. The average Bonchev–Trinajstić information content (AvgIpc) is 2.33. The number of unbranched alkanes of at least 4 members (excludes halogenated alkanes) is 8. The highest BCUT2D eigenvalue weighted by molar-refractivity contribution is 5.75. The summed E-state index contributed by atoms with van der Waals surface area (Å²) in [5.74, 6) is 0.0603. The van der Waals surface area contributed by atoms with Gasteiger partial charge in [-0.2, -0.15) is 0 Å². The summed E-state index contributed by atoms with van der Waals surface area (Å²) < 4.78 is 0. The van der Waals surface area contributed by atoms with Gasteiger partial charge >= 0.3 is 0 Å². The molecule has 0 saturated carbocycles. The fourth-order valence-electron chi connectivity index (χ4n) is 2.00. The number of nitrogens with one attached hydrogen (secondary N) is 1. The van der Waals surface area contributed by atoms with Crippen LogP contribution in [0.25, 0.3) is 0 Å². The van der Waals surface area contributed by atoms with Crippen molar-refractivity contribution in [3.05, 3.63) is 0 Å². The van der Waals surface area contributed by atoms with Gasteiger partial charge in [0.05, 0.1) is 5.60 Å². The molecule has 0 aliphatic rings. The SMILES string of the molecule is CCCCCCCCCCCC(=O)NCC(C)(C)O. The van der Waals surface area contributed by atoms with Gasteiger partial charge in [0, 0.05) is 13.0 Å². The standard InChI is InChI=1S/C16H33NO2/c1-4-5-6-7-8-9-10-11-12-13-15(18)17-14-16(2,3)19/h19H,4-14H2,1-3H3,(H,17,18). The quantitative estimate of drug-likeness (QED) is 0.530. The zero-order chi connectivity index (χ0) is 14.6. The highest BCUT2D eigenvalue weighted by Crippen LogP contribution is 2.10. The molecule has 0 spiro atoms. The minimum absolute atomic E-state index is 0.0603. The molecule has 0 rings (SSSR count). The van der Waals surface area contributed by atoms with Crippen molar-refractivity contribution in [1.29, 1.82) is 0 Å². The van der Waals surface area contributed by atoms with Crippen molar-refractivity contribution in [3.63, 3.8) is 0 Å². The number of hydrogen-bond donors (Lipinski definition) is 2. The Bertz CT molecular complexity index is 221. The molecule has 0 aliphatic heterocycles. The molecule has 0 atom stereocenters. The Morgan fingerprint density at radius 1 is 0.947 bits per heavy atom. The fraction of sp³-hybridized carbons (Fsp3) is 0.938. The zero-order valence-corrected chi connectivity index (χ0v) is 13.1. The van der Waals surface area contributed by atoms with Crippen LogP contribution in [0.1, 0.15) is 85.0 Å². The van der Waals surface area contributed by atoms with Crippen LogP contribution in [0.15, 0.2) is 0 Å². The molecule has 0 unspecified atom stereocenters. The molecule has 0 aromatic carbocycles. The predicted octanol–water partition coefficient (Wildman–Crippen LogP) is 3.79. The summed E-state index contributed by atoms with van der Waals surface area (Å²) >= 11 is 0. The summed E-state index contributed by atoms with van der Waals surface area (Å²) in [4.78, 5) is 11.5. The van der Waals surface area contributed by atoms with E-state index in [2.05, 4.69) is 12.2 Å². The minimum Gasteiger partial charge on any atom is -0.389 e. The third-order valence-corrected chi connectivity index (χ3v) is 3.23. The second-order valence-corrected chi connectivity index (χ2v) is 6.17. The van der Waals surface area contributed by atoms with Crippen LogP contribution in [0.3, 0.4) is 0 Å². The summed E-state index contributed by atoms with van der Waals surface area (Å²) in [5, 5.41) is 12.2. The van der Waals surface area contributed by atoms with E-state index in [0.29, 0.717) is 13.0 Å². The molecule has 0 radical (unpaired) electrons. The molecule has 3 heteroatoms. The van der Waals surface area contributed by atoms with Crippen LogP contribution in [0, 0.1) is 0 Å². The number of aliphatic hydroxyl groups is 1. The topological polar surface area (TPSA) is 49.3 Å². The van der Waals surface area contributed by atoms with Crippen LogP contribution in [0.4, 0.5) is 0 Å². The largest absolute Gasteiger partial charge is 0.389 e. The molecular weight excluding hydrogens is 238 g/mol. The van der Waals surface area contributed by atoms with E-state index in [9.17, 15) is 9.90 Å². The fourth-order valence-corrected chi connectivity index (χ4v) is 2.00. The van der Waals surface area contributed by atoms with Crippen molar-refractivity contribution in [3.8, 4) is 0 Å². The van der Waals surface area contributed by atoms with E-state index in [1.54, 1.807) is 13.8 Å².